The third-order valence-corrected chi connectivity index (χ3v) is 4.50. The Kier molecular flexibility index (Phi) is 3.77. The van der Waals surface area contributed by atoms with E-state index in [0.717, 1.165) is 11.1 Å². The van der Waals surface area contributed by atoms with Gasteiger partial charge >= 0.3 is 5.97 Å². The van der Waals surface area contributed by atoms with Crippen LogP contribution in [0.5, 0.6) is 0 Å². The molecule has 0 aliphatic rings. The van der Waals surface area contributed by atoms with Gasteiger partial charge < -0.3 is 5.11 Å². The van der Waals surface area contributed by atoms with Crippen LogP contribution in [0.2, 0.25) is 0 Å². The summed E-state index contributed by atoms with van der Waals surface area (Å²) >= 11 is 1.39. The van der Waals surface area contributed by atoms with Crippen LogP contribution in [0.3, 0.4) is 0 Å². The van der Waals surface area contributed by atoms with Gasteiger partial charge in [0.1, 0.15) is 10.9 Å². The van der Waals surface area contributed by atoms with Crippen molar-refractivity contribution in [3.8, 4) is 11.1 Å². The largest absolute Gasteiger partial charge is 0.480 e. The monoisotopic (exact) mass is 314 g/mol. The van der Waals surface area contributed by atoms with E-state index in [1.165, 1.54) is 22.2 Å². The van der Waals surface area contributed by atoms with E-state index in [9.17, 15) is 14.7 Å². The standard InChI is InChI=1S/C16H14N2O3S/c1-2-12(16(20)21)18-9-17-14-13(15(18)19)11(8-22-14)10-6-4-3-5-7-10/h3-9,12H,2H2,1H3,(H,20,21)/t12-/m1/s1. The molecular formula is C16H14N2O3S. The first-order valence-electron chi connectivity index (χ1n) is 6.90. The van der Waals surface area contributed by atoms with Gasteiger partial charge in [-0.3, -0.25) is 9.36 Å². The van der Waals surface area contributed by atoms with Gasteiger partial charge in [-0.2, -0.15) is 0 Å². The van der Waals surface area contributed by atoms with Crippen molar-refractivity contribution < 1.29 is 9.90 Å². The Morgan fingerprint density at radius 2 is 2.09 bits per heavy atom. The fraction of sp³-hybridized carbons (Fsp3) is 0.188. The number of rotatable bonds is 4. The van der Waals surface area contributed by atoms with Crippen molar-refractivity contribution in [2.24, 2.45) is 0 Å². The van der Waals surface area contributed by atoms with Gasteiger partial charge in [-0.25, -0.2) is 9.78 Å². The summed E-state index contributed by atoms with van der Waals surface area (Å²) in [6, 6.07) is 8.67. The van der Waals surface area contributed by atoms with Crippen LogP contribution < -0.4 is 5.56 Å². The zero-order valence-electron chi connectivity index (χ0n) is 11.9. The van der Waals surface area contributed by atoms with Crippen molar-refractivity contribution in [2.45, 2.75) is 19.4 Å². The van der Waals surface area contributed by atoms with Crippen LogP contribution in [0.4, 0.5) is 0 Å². The van der Waals surface area contributed by atoms with Gasteiger partial charge in [-0.05, 0) is 12.0 Å². The Hall–Kier alpha value is -2.47. The molecule has 3 rings (SSSR count). The molecule has 22 heavy (non-hydrogen) atoms. The molecule has 1 N–H and O–H groups in total. The minimum absolute atomic E-state index is 0.306. The molecule has 6 heteroatoms. The summed E-state index contributed by atoms with van der Waals surface area (Å²) in [7, 11) is 0. The minimum Gasteiger partial charge on any atom is -0.480 e. The molecule has 112 valence electrons. The smallest absolute Gasteiger partial charge is 0.326 e. The zero-order chi connectivity index (χ0) is 15.7. The van der Waals surface area contributed by atoms with Crippen molar-refractivity contribution in [2.75, 3.05) is 0 Å². The first-order chi connectivity index (χ1) is 10.6. The van der Waals surface area contributed by atoms with E-state index in [1.807, 2.05) is 35.7 Å². The molecule has 0 radical (unpaired) electrons. The molecule has 1 atom stereocenters. The van der Waals surface area contributed by atoms with Crippen LogP contribution >= 0.6 is 11.3 Å². The number of nitrogens with zero attached hydrogens (tertiary/aromatic N) is 2. The second-order valence-electron chi connectivity index (χ2n) is 4.91. The van der Waals surface area contributed by atoms with E-state index in [2.05, 4.69) is 4.98 Å². The normalized spacial score (nSPS) is 12.4. The number of carboxylic acid groups (broad SMARTS) is 1. The lowest BCUT2D eigenvalue weighted by Gasteiger charge is -2.13. The molecule has 5 nitrogen and oxygen atoms in total. The van der Waals surface area contributed by atoms with Crippen molar-refractivity contribution >= 4 is 27.5 Å². The Labute approximate surface area is 130 Å². The summed E-state index contributed by atoms with van der Waals surface area (Å²) < 4.78 is 1.21. The van der Waals surface area contributed by atoms with E-state index in [0.29, 0.717) is 16.6 Å². The Morgan fingerprint density at radius 1 is 1.36 bits per heavy atom. The maximum atomic E-state index is 12.8. The van der Waals surface area contributed by atoms with Crippen LogP contribution in [0.15, 0.2) is 46.8 Å². The first-order valence-corrected chi connectivity index (χ1v) is 7.78. The van der Waals surface area contributed by atoms with Crippen LogP contribution in [0, 0.1) is 0 Å². The molecule has 2 heterocycles. The number of carboxylic acids is 1. The second kappa shape index (κ2) is 5.73. The highest BCUT2D eigenvalue weighted by atomic mass is 32.1. The average Bonchev–Trinajstić information content (AvgIpc) is 2.95. The molecule has 0 saturated carbocycles. The SMILES string of the molecule is CC[C@H](C(=O)O)n1cnc2scc(-c3ccccc3)c2c1=O. The summed E-state index contributed by atoms with van der Waals surface area (Å²) in [5.41, 5.74) is 1.42. The summed E-state index contributed by atoms with van der Waals surface area (Å²) in [4.78, 5) is 29.0. The van der Waals surface area contributed by atoms with E-state index >= 15 is 0 Å². The van der Waals surface area contributed by atoms with E-state index < -0.39 is 12.0 Å². The summed E-state index contributed by atoms with van der Waals surface area (Å²) in [6.45, 7) is 1.74. The molecule has 0 saturated heterocycles. The van der Waals surface area contributed by atoms with Gasteiger partial charge in [0.05, 0.1) is 11.7 Å². The molecular weight excluding hydrogens is 300 g/mol. The van der Waals surface area contributed by atoms with Gasteiger partial charge in [0.15, 0.2) is 0 Å². The second-order valence-corrected chi connectivity index (χ2v) is 5.77. The topological polar surface area (TPSA) is 72.2 Å². The summed E-state index contributed by atoms with van der Waals surface area (Å²) in [5.74, 6) is -1.03. The fourth-order valence-corrected chi connectivity index (χ4v) is 3.39. The van der Waals surface area contributed by atoms with Gasteiger partial charge in [-0.1, -0.05) is 37.3 Å². The number of hydrogen-bond donors (Lipinski definition) is 1. The third-order valence-electron chi connectivity index (χ3n) is 3.61. The highest BCUT2D eigenvalue weighted by Crippen LogP contribution is 2.30. The predicted octanol–water partition coefficient (Wildman–Crippen LogP) is 3.16. The van der Waals surface area contributed by atoms with Gasteiger partial charge in [0.2, 0.25) is 0 Å². The quantitative estimate of drug-likeness (QED) is 0.803. The third kappa shape index (κ3) is 2.31. The van der Waals surface area contributed by atoms with Crippen molar-refractivity contribution in [3.05, 3.63) is 52.4 Å². The Morgan fingerprint density at radius 3 is 2.73 bits per heavy atom. The number of carbonyl (C=O) groups is 1. The minimum atomic E-state index is -1.03. The highest BCUT2D eigenvalue weighted by Gasteiger charge is 2.21. The maximum Gasteiger partial charge on any atom is 0.326 e. The van der Waals surface area contributed by atoms with Gasteiger partial charge in [-0.15, -0.1) is 11.3 Å². The summed E-state index contributed by atoms with van der Waals surface area (Å²) in [5, 5.41) is 11.6. The number of benzene rings is 1. The number of hydrogen-bond acceptors (Lipinski definition) is 4. The summed E-state index contributed by atoms with van der Waals surface area (Å²) in [6.07, 6.45) is 1.66. The Bertz CT molecular complexity index is 883. The molecule has 0 spiro atoms. The lowest BCUT2D eigenvalue weighted by molar-refractivity contribution is -0.141. The molecule has 0 aliphatic carbocycles. The van der Waals surface area contributed by atoms with Gasteiger partial charge in [0.25, 0.3) is 5.56 Å². The Balaban J connectivity index is 2.27. The van der Waals surface area contributed by atoms with Crippen LogP contribution in [-0.2, 0) is 4.79 Å². The number of fused-ring (bicyclic) bond motifs is 1. The maximum absolute atomic E-state index is 12.8. The van der Waals surface area contributed by atoms with Crippen LogP contribution in [0.1, 0.15) is 19.4 Å². The molecule has 0 amide bonds. The van der Waals surface area contributed by atoms with E-state index in [-0.39, 0.29) is 5.56 Å². The molecule has 1 aromatic carbocycles. The highest BCUT2D eigenvalue weighted by molar-refractivity contribution is 7.17. The molecule has 0 fully saturated rings. The van der Waals surface area contributed by atoms with Crippen molar-refractivity contribution in [1.82, 2.24) is 9.55 Å². The lowest BCUT2D eigenvalue weighted by atomic mass is 10.1. The zero-order valence-corrected chi connectivity index (χ0v) is 12.7. The van der Waals surface area contributed by atoms with Crippen molar-refractivity contribution in [1.29, 1.82) is 0 Å². The molecule has 0 bridgehead atoms. The van der Waals surface area contributed by atoms with E-state index in [1.54, 1.807) is 6.92 Å². The van der Waals surface area contributed by atoms with Crippen molar-refractivity contribution in [3.63, 3.8) is 0 Å². The molecule has 3 aromatic rings. The average molecular weight is 314 g/mol. The first kappa shape index (κ1) is 14.5. The predicted molar refractivity (Wildman–Crippen MR) is 86.3 cm³/mol. The van der Waals surface area contributed by atoms with Gasteiger partial charge in [0, 0.05) is 10.9 Å². The number of thiophene rings is 1. The molecule has 0 unspecified atom stereocenters. The van der Waals surface area contributed by atoms with Crippen LogP contribution in [0.25, 0.3) is 21.3 Å². The number of aliphatic carboxylic acids is 1. The molecule has 2 aromatic heterocycles. The fourth-order valence-electron chi connectivity index (χ4n) is 2.49. The van der Waals surface area contributed by atoms with Crippen LogP contribution in [-0.4, -0.2) is 20.6 Å². The van der Waals surface area contributed by atoms with E-state index in [4.69, 9.17) is 0 Å². The number of aromatic nitrogens is 2. The molecule has 0 aliphatic heterocycles. The lowest BCUT2D eigenvalue weighted by Crippen LogP contribution is -2.29.